The second kappa shape index (κ2) is 9.35. The number of morpholine rings is 1. The number of alkyl halides is 3. The molecule has 34 heavy (non-hydrogen) atoms. The van der Waals surface area contributed by atoms with Crippen LogP contribution in [0, 0.1) is 5.82 Å². The predicted molar refractivity (Wildman–Crippen MR) is 120 cm³/mol. The fourth-order valence-electron chi connectivity index (χ4n) is 4.61. The Labute approximate surface area is 196 Å². The van der Waals surface area contributed by atoms with Crippen LogP contribution in [0.15, 0.2) is 36.4 Å². The third kappa shape index (κ3) is 4.73. The van der Waals surface area contributed by atoms with E-state index in [0.29, 0.717) is 37.6 Å². The molecule has 2 fully saturated rings. The van der Waals surface area contributed by atoms with Crippen molar-refractivity contribution in [3.63, 3.8) is 0 Å². The van der Waals surface area contributed by atoms with E-state index in [2.05, 4.69) is 0 Å². The van der Waals surface area contributed by atoms with Gasteiger partial charge >= 0.3 is 6.18 Å². The minimum absolute atomic E-state index is 0.000341. The lowest BCUT2D eigenvalue weighted by Crippen LogP contribution is -2.60. The first kappa shape index (κ1) is 24.7. The second-order valence-corrected chi connectivity index (χ2v) is 10.6. The van der Waals surface area contributed by atoms with E-state index in [9.17, 15) is 21.6 Å². The maximum Gasteiger partial charge on any atom is 0.416 e. The predicted octanol–water partition coefficient (Wildman–Crippen LogP) is 4.15. The average Bonchev–Trinajstić information content (AvgIpc) is 2.82. The Balaban J connectivity index is 1.66. The molecule has 2 aliphatic rings. The van der Waals surface area contributed by atoms with Crippen molar-refractivity contribution in [3.05, 3.63) is 47.8 Å². The molecular weight excluding hydrogens is 476 g/mol. The first-order chi connectivity index (χ1) is 16.0. The van der Waals surface area contributed by atoms with E-state index >= 15 is 4.39 Å². The van der Waals surface area contributed by atoms with Gasteiger partial charge in [-0.25, -0.2) is 12.8 Å². The zero-order chi connectivity index (χ0) is 24.7. The van der Waals surface area contributed by atoms with Crippen LogP contribution in [-0.4, -0.2) is 64.0 Å². The number of sulfonamides is 1. The molecule has 2 aromatic rings. The molecule has 0 spiro atoms. The van der Waals surface area contributed by atoms with Gasteiger partial charge in [0, 0.05) is 31.3 Å². The van der Waals surface area contributed by atoms with Gasteiger partial charge in [-0.3, -0.25) is 0 Å². The smallest absolute Gasteiger partial charge is 0.416 e. The minimum atomic E-state index is -4.54. The molecule has 2 heterocycles. The normalized spacial score (nSPS) is 21.9. The largest absolute Gasteiger partial charge is 0.495 e. The zero-order valence-corrected chi connectivity index (χ0v) is 19.6. The molecule has 2 atom stereocenters. The summed E-state index contributed by atoms with van der Waals surface area (Å²) in [6, 6.07) is 6.99. The quantitative estimate of drug-likeness (QED) is 0.575. The molecule has 0 aromatic heterocycles. The van der Waals surface area contributed by atoms with Crippen LogP contribution in [0.3, 0.4) is 0 Å². The van der Waals surface area contributed by atoms with Crippen molar-refractivity contribution in [3.8, 4) is 16.9 Å². The van der Waals surface area contributed by atoms with Crippen LogP contribution in [0.5, 0.6) is 5.75 Å². The molecule has 2 saturated heterocycles. The molecule has 0 amide bonds. The third-order valence-corrected chi connectivity index (χ3v) is 8.24. The summed E-state index contributed by atoms with van der Waals surface area (Å²) in [5.41, 5.74) is -0.312. The molecule has 0 radical (unpaired) electrons. The van der Waals surface area contributed by atoms with Crippen LogP contribution in [-0.2, 0) is 20.9 Å². The highest BCUT2D eigenvalue weighted by Crippen LogP contribution is 2.40. The number of methoxy groups -OCH3 is 1. The van der Waals surface area contributed by atoms with Crippen LogP contribution < -0.4 is 9.64 Å². The number of hydrogen-bond donors (Lipinski definition) is 0. The van der Waals surface area contributed by atoms with Crippen molar-refractivity contribution < 1.29 is 35.5 Å². The number of rotatable bonds is 5. The Morgan fingerprint density at radius 3 is 2.62 bits per heavy atom. The number of nitrogens with zero attached hydrogens (tertiary/aromatic N) is 2. The monoisotopic (exact) mass is 502 g/mol. The van der Waals surface area contributed by atoms with E-state index in [0.717, 1.165) is 12.1 Å². The van der Waals surface area contributed by atoms with E-state index < -0.39 is 27.6 Å². The van der Waals surface area contributed by atoms with Crippen molar-refractivity contribution in [2.45, 2.75) is 31.7 Å². The molecule has 0 N–H and O–H groups in total. The van der Waals surface area contributed by atoms with Crippen molar-refractivity contribution in [2.75, 3.05) is 44.0 Å². The van der Waals surface area contributed by atoms with E-state index in [1.54, 1.807) is 6.92 Å². The number of benzene rings is 2. The van der Waals surface area contributed by atoms with Gasteiger partial charge in [0.25, 0.3) is 0 Å². The Morgan fingerprint density at radius 2 is 1.94 bits per heavy atom. The molecule has 0 aliphatic carbocycles. The zero-order valence-electron chi connectivity index (χ0n) is 18.8. The fourth-order valence-corrected chi connectivity index (χ4v) is 5.74. The van der Waals surface area contributed by atoms with E-state index in [1.165, 1.54) is 35.7 Å². The number of anilines is 1. The van der Waals surface area contributed by atoms with Crippen LogP contribution in [0.2, 0.25) is 0 Å². The van der Waals surface area contributed by atoms with Gasteiger partial charge in [0.1, 0.15) is 11.6 Å². The van der Waals surface area contributed by atoms with Crippen molar-refractivity contribution in [1.29, 1.82) is 0 Å². The summed E-state index contributed by atoms with van der Waals surface area (Å²) >= 11 is 0. The summed E-state index contributed by atoms with van der Waals surface area (Å²) in [6.07, 6.45) is -4.44. The number of piperidine rings is 1. The maximum atomic E-state index is 15.2. The molecule has 0 saturated carbocycles. The minimum Gasteiger partial charge on any atom is -0.495 e. The Morgan fingerprint density at radius 1 is 1.18 bits per heavy atom. The molecule has 0 bridgehead atoms. The third-order valence-electron chi connectivity index (χ3n) is 6.39. The van der Waals surface area contributed by atoms with Gasteiger partial charge in [0.15, 0.2) is 0 Å². The molecule has 2 aliphatic heterocycles. The Bertz CT molecular complexity index is 1160. The standard InChI is InChI=1S/C23H26F4N2O4S/c1-3-34(30,31)28-8-7-19-22(14-28)33-10-9-29(19)20-13-18(24)17(12-21(20)32-2)15-5-4-6-16(11-15)23(25,26)27/h4-6,11-13,19,22H,3,7-10,14H2,1-2H3/t19-,22-/m1/s1. The fraction of sp³-hybridized carbons (Fsp3) is 0.478. The van der Waals surface area contributed by atoms with Crippen molar-refractivity contribution in [1.82, 2.24) is 4.31 Å². The van der Waals surface area contributed by atoms with E-state index in [4.69, 9.17) is 9.47 Å². The summed E-state index contributed by atoms with van der Waals surface area (Å²) in [4.78, 5) is 1.95. The molecule has 0 unspecified atom stereocenters. The number of hydrogen-bond acceptors (Lipinski definition) is 5. The molecular formula is C23H26F4N2O4S. The summed E-state index contributed by atoms with van der Waals surface area (Å²) in [5, 5.41) is 0. The summed E-state index contributed by atoms with van der Waals surface area (Å²) < 4.78 is 92.1. The highest BCUT2D eigenvalue weighted by Gasteiger charge is 2.41. The Hall–Kier alpha value is -2.37. The second-order valence-electron chi connectivity index (χ2n) is 8.30. The van der Waals surface area contributed by atoms with Crippen LogP contribution in [0.4, 0.5) is 23.2 Å². The van der Waals surface area contributed by atoms with Gasteiger partial charge in [0.2, 0.25) is 10.0 Å². The molecule has 2 aromatic carbocycles. The van der Waals surface area contributed by atoms with Crippen molar-refractivity contribution >= 4 is 15.7 Å². The highest BCUT2D eigenvalue weighted by atomic mass is 32.2. The SMILES string of the molecule is CCS(=O)(=O)N1CC[C@@H]2[C@@H](C1)OCCN2c1cc(F)c(-c2cccc(C(F)(F)F)c2)cc1OC. The van der Waals surface area contributed by atoms with Gasteiger partial charge in [-0.05, 0) is 37.1 Å². The van der Waals surface area contributed by atoms with Crippen LogP contribution in [0.25, 0.3) is 11.1 Å². The number of halogens is 4. The first-order valence-electron chi connectivity index (χ1n) is 11.0. The van der Waals surface area contributed by atoms with Gasteiger partial charge in [-0.15, -0.1) is 0 Å². The lowest BCUT2D eigenvalue weighted by molar-refractivity contribution is -0.137. The molecule has 6 nitrogen and oxygen atoms in total. The Kier molecular flexibility index (Phi) is 6.80. The number of ether oxygens (including phenoxy) is 2. The van der Waals surface area contributed by atoms with Gasteiger partial charge in [0.05, 0.1) is 42.9 Å². The lowest BCUT2D eigenvalue weighted by atomic mass is 9.97. The summed E-state index contributed by atoms with van der Waals surface area (Å²) in [7, 11) is -1.94. The van der Waals surface area contributed by atoms with E-state index in [1.807, 2.05) is 4.90 Å². The maximum absolute atomic E-state index is 15.2. The van der Waals surface area contributed by atoms with Gasteiger partial charge in [-0.1, -0.05) is 12.1 Å². The summed E-state index contributed by atoms with van der Waals surface area (Å²) in [6.45, 7) is 2.89. The molecule has 11 heteroatoms. The van der Waals surface area contributed by atoms with Crippen molar-refractivity contribution in [2.24, 2.45) is 0 Å². The van der Waals surface area contributed by atoms with Crippen LogP contribution in [0.1, 0.15) is 18.9 Å². The van der Waals surface area contributed by atoms with Crippen LogP contribution >= 0.6 is 0 Å². The topological polar surface area (TPSA) is 59.1 Å². The summed E-state index contributed by atoms with van der Waals surface area (Å²) in [5.74, 6) is -0.355. The average molecular weight is 503 g/mol. The van der Waals surface area contributed by atoms with Gasteiger partial charge < -0.3 is 14.4 Å². The van der Waals surface area contributed by atoms with Gasteiger partial charge in [-0.2, -0.15) is 17.5 Å². The molecule has 4 rings (SSSR count). The number of fused-ring (bicyclic) bond motifs is 1. The van der Waals surface area contributed by atoms with E-state index in [-0.39, 0.29) is 35.6 Å². The first-order valence-corrected chi connectivity index (χ1v) is 12.6. The highest BCUT2D eigenvalue weighted by molar-refractivity contribution is 7.89. The lowest BCUT2D eigenvalue weighted by Gasteiger charge is -2.47. The molecule has 186 valence electrons.